The molecular formula is C13H14N2O3. The zero-order chi connectivity index (χ0) is 13.3. The van der Waals surface area contributed by atoms with Crippen LogP contribution in [0.5, 0.6) is 0 Å². The van der Waals surface area contributed by atoms with Gasteiger partial charge < -0.3 is 15.9 Å². The fraction of sp³-hybridized carbons (Fsp3) is 0.231. The number of fused-ring (bicyclic) bond motifs is 1. The Balaban J connectivity index is 2.70. The van der Waals surface area contributed by atoms with Crippen molar-refractivity contribution in [1.82, 2.24) is 4.98 Å². The van der Waals surface area contributed by atoms with Crippen molar-refractivity contribution in [2.75, 3.05) is 6.61 Å². The molecule has 1 aromatic heterocycles. The molecule has 1 heterocycles. The number of pyridine rings is 1. The van der Waals surface area contributed by atoms with E-state index < -0.39 is 12.0 Å². The molecule has 4 N–H and O–H groups in total. The standard InChI is InChI=1S/C13H14N2O3/c1-7-4-10(13(17)18)9-5-8(11(14)6-16)2-3-12(9)15-7/h2-5,11,16H,6,14H2,1H3,(H,17,18)/t11-/m1/s1. The molecule has 0 saturated heterocycles. The summed E-state index contributed by atoms with van der Waals surface area (Å²) in [5.74, 6) is -1.000. The first-order valence-electron chi connectivity index (χ1n) is 5.54. The third-order valence-corrected chi connectivity index (χ3v) is 2.82. The largest absolute Gasteiger partial charge is 0.478 e. The van der Waals surface area contributed by atoms with E-state index >= 15 is 0 Å². The molecule has 0 bridgehead atoms. The number of benzene rings is 1. The Morgan fingerprint density at radius 2 is 2.17 bits per heavy atom. The molecule has 0 fully saturated rings. The number of carbonyl (C=O) groups is 1. The van der Waals surface area contributed by atoms with E-state index in [4.69, 9.17) is 10.8 Å². The van der Waals surface area contributed by atoms with Gasteiger partial charge in [0.25, 0.3) is 0 Å². The molecule has 18 heavy (non-hydrogen) atoms. The van der Waals surface area contributed by atoms with Gasteiger partial charge in [0.2, 0.25) is 0 Å². The average molecular weight is 246 g/mol. The Labute approximate surface area is 104 Å². The predicted octanol–water partition coefficient (Wildman–Crippen LogP) is 1.23. The van der Waals surface area contributed by atoms with Crippen LogP contribution in [-0.4, -0.2) is 27.8 Å². The van der Waals surface area contributed by atoms with Gasteiger partial charge in [-0.15, -0.1) is 0 Å². The summed E-state index contributed by atoms with van der Waals surface area (Å²) in [6.45, 7) is 1.56. The number of aromatic carboxylic acids is 1. The summed E-state index contributed by atoms with van der Waals surface area (Å²) in [6, 6.07) is 6.16. The number of nitrogens with zero attached hydrogens (tertiary/aromatic N) is 1. The summed E-state index contributed by atoms with van der Waals surface area (Å²) < 4.78 is 0. The first kappa shape index (κ1) is 12.5. The number of rotatable bonds is 3. The third kappa shape index (κ3) is 2.18. The van der Waals surface area contributed by atoms with Crippen molar-refractivity contribution in [1.29, 1.82) is 0 Å². The van der Waals surface area contributed by atoms with Gasteiger partial charge >= 0.3 is 5.97 Å². The first-order valence-corrected chi connectivity index (χ1v) is 5.54. The quantitative estimate of drug-likeness (QED) is 0.757. The van der Waals surface area contributed by atoms with Crippen LogP contribution in [0.4, 0.5) is 0 Å². The topological polar surface area (TPSA) is 96.4 Å². The van der Waals surface area contributed by atoms with E-state index in [2.05, 4.69) is 4.98 Å². The summed E-state index contributed by atoms with van der Waals surface area (Å²) in [4.78, 5) is 15.5. The van der Waals surface area contributed by atoms with Crippen LogP contribution in [-0.2, 0) is 0 Å². The molecule has 2 rings (SSSR count). The summed E-state index contributed by atoms with van der Waals surface area (Å²) in [5, 5.41) is 18.7. The minimum atomic E-state index is -1.000. The zero-order valence-electron chi connectivity index (χ0n) is 9.92. The van der Waals surface area contributed by atoms with Crippen molar-refractivity contribution >= 4 is 16.9 Å². The smallest absolute Gasteiger partial charge is 0.336 e. The minimum Gasteiger partial charge on any atom is -0.478 e. The lowest BCUT2D eigenvalue weighted by atomic mass is 10.0. The van der Waals surface area contributed by atoms with Crippen molar-refractivity contribution in [3.63, 3.8) is 0 Å². The van der Waals surface area contributed by atoms with E-state index in [9.17, 15) is 9.90 Å². The number of carboxylic acid groups (broad SMARTS) is 1. The van der Waals surface area contributed by atoms with Gasteiger partial charge in [0.1, 0.15) is 0 Å². The molecule has 94 valence electrons. The highest BCUT2D eigenvalue weighted by Gasteiger charge is 2.13. The molecular weight excluding hydrogens is 232 g/mol. The molecule has 0 saturated carbocycles. The van der Waals surface area contributed by atoms with Crippen molar-refractivity contribution in [3.8, 4) is 0 Å². The lowest BCUT2D eigenvalue weighted by molar-refractivity contribution is 0.0699. The minimum absolute atomic E-state index is 0.187. The predicted molar refractivity (Wildman–Crippen MR) is 67.5 cm³/mol. The molecule has 0 spiro atoms. The van der Waals surface area contributed by atoms with Crippen molar-refractivity contribution in [3.05, 3.63) is 41.1 Å². The number of hydrogen-bond donors (Lipinski definition) is 3. The number of aryl methyl sites for hydroxylation is 1. The molecule has 2 aromatic rings. The maximum absolute atomic E-state index is 11.2. The van der Waals surface area contributed by atoms with Crippen LogP contribution in [0.1, 0.15) is 27.7 Å². The van der Waals surface area contributed by atoms with Crippen molar-refractivity contribution in [2.45, 2.75) is 13.0 Å². The monoisotopic (exact) mass is 246 g/mol. The highest BCUT2D eigenvalue weighted by atomic mass is 16.4. The van der Waals surface area contributed by atoms with Crippen molar-refractivity contribution < 1.29 is 15.0 Å². The molecule has 0 radical (unpaired) electrons. The van der Waals surface area contributed by atoms with E-state index in [1.807, 2.05) is 0 Å². The fourth-order valence-corrected chi connectivity index (χ4v) is 1.89. The second kappa shape index (κ2) is 4.72. The molecule has 1 aromatic carbocycles. The van der Waals surface area contributed by atoms with Gasteiger partial charge in [-0.25, -0.2) is 4.79 Å². The number of aromatic nitrogens is 1. The van der Waals surface area contributed by atoms with Gasteiger partial charge in [0, 0.05) is 11.1 Å². The second-order valence-electron chi connectivity index (χ2n) is 4.18. The summed E-state index contributed by atoms with van der Waals surface area (Å²) in [7, 11) is 0. The molecule has 0 aliphatic rings. The molecule has 5 heteroatoms. The molecule has 0 amide bonds. The van der Waals surface area contributed by atoms with Crippen LogP contribution in [0, 0.1) is 6.92 Å². The molecule has 0 aliphatic heterocycles. The molecule has 0 aliphatic carbocycles. The lowest BCUT2D eigenvalue weighted by Gasteiger charge is -2.11. The SMILES string of the molecule is Cc1cc(C(=O)O)c2cc([C@H](N)CO)ccc2n1. The third-order valence-electron chi connectivity index (χ3n) is 2.82. The lowest BCUT2D eigenvalue weighted by Crippen LogP contribution is -2.14. The summed E-state index contributed by atoms with van der Waals surface area (Å²) in [5.41, 5.74) is 7.88. The Morgan fingerprint density at radius 3 is 2.78 bits per heavy atom. The van der Waals surface area contributed by atoms with E-state index in [1.54, 1.807) is 25.1 Å². The van der Waals surface area contributed by atoms with Crippen LogP contribution in [0.25, 0.3) is 10.9 Å². The molecule has 5 nitrogen and oxygen atoms in total. The van der Waals surface area contributed by atoms with Crippen LogP contribution >= 0.6 is 0 Å². The van der Waals surface area contributed by atoms with Gasteiger partial charge in [0.15, 0.2) is 0 Å². The molecule has 0 unspecified atom stereocenters. The van der Waals surface area contributed by atoms with Gasteiger partial charge in [-0.3, -0.25) is 4.98 Å². The summed E-state index contributed by atoms with van der Waals surface area (Å²) >= 11 is 0. The highest BCUT2D eigenvalue weighted by Crippen LogP contribution is 2.22. The maximum Gasteiger partial charge on any atom is 0.336 e. The van der Waals surface area contributed by atoms with Gasteiger partial charge in [0.05, 0.1) is 23.7 Å². The Hall–Kier alpha value is -1.98. The van der Waals surface area contributed by atoms with Crippen LogP contribution in [0.15, 0.2) is 24.3 Å². The van der Waals surface area contributed by atoms with E-state index in [0.29, 0.717) is 22.2 Å². The number of carboxylic acids is 1. The van der Waals surface area contributed by atoms with Crippen LogP contribution in [0.3, 0.4) is 0 Å². The Kier molecular flexibility index (Phi) is 3.27. The highest BCUT2D eigenvalue weighted by molar-refractivity contribution is 6.02. The zero-order valence-corrected chi connectivity index (χ0v) is 9.92. The fourth-order valence-electron chi connectivity index (χ4n) is 1.89. The van der Waals surface area contributed by atoms with E-state index in [1.165, 1.54) is 6.07 Å². The number of aliphatic hydroxyl groups excluding tert-OH is 1. The van der Waals surface area contributed by atoms with Gasteiger partial charge in [-0.2, -0.15) is 0 Å². The van der Waals surface area contributed by atoms with Gasteiger partial charge in [-0.1, -0.05) is 6.07 Å². The number of nitrogens with two attached hydrogens (primary N) is 1. The number of aliphatic hydroxyl groups is 1. The van der Waals surface area contributed by atoms with Crippen LogP contribution < -0.4 is 5.73 Å². The Morgan fingerprint density at radius 1 is 1.44 bits per heavy atom. The maximum atomic E-state index is 11.2. The molecule has 1 atom stereocenters. The van der Waals surface area contributed by atoms with E-state index in [0.717, 1.165) is 0 Å². The second-order valence-corrected chi connectivity index (χ2v) is 4.18. The normalized spacial score (nSPS) is 12.6. The van der Waals surface area contributed by atoms with Gasteiger partial charge in [-0.05, 0) is 30.7 Å². The first-order chi connectivity index (χ1) is 8.52. The average Bonchev–Trinajstić information content (AvgIpc) is 2.36. The number of hydrogen-bond acceptors (Lipinski definition) is 4. The van der Waals surface area contributed by atoms with E-state index in [-0.39, 0.29) is 12.2 Å². The Bertz CT molecular complexity index is 610. The van der Waals surface area contributed by atoms with Crippen molar-refractivity contribution in [2.24, 2.45) is 5.73 Å². The van der Waals surface area contributed by atoms with Crippen LogP contribution in [0.2, 0.25) is 0 Å². The summed E-state index contributed by atoms with van der Waals surface area (Å²) in [6.07, 6.45) is 0.